The van der Waals surface area contributed by atoms with E-state index in [9.17, 15) is 29.4 Å². The van der Waals surface area contributed by atoms with E-state index in [1.165, 1.54) is 0 Å². The Labute approximate surface area is 393 Å². The Hall–Kier alpha value is -5.76. The zero-order valence-corrected chi connectivity index (χ0v) is 39.1. The number of β-amino-alcohol motifs (C(OH)–C–C–N with tert-alkyl or cyclic N) is 1. The quantitative estimate of drug-likeness (QED) is 0.168. The second kappa shape index (κ2) is 19.1. The number of aliphatic hydroxyl groups excluding tert-OH is 1. The Morgan fingerprint density at radius 2 is 1.69 bits per heavy atom. The highest BCUT2D eigenvalue weighted by Crippen LogP contribution is 2.60. The molecule has 4 aliphatic heterocycles. The molecule has 356 valence electrons. The first kappa shape index (κ1) is 46.4. The van der Waals surface area contributed by atoms with E-state index in [1.807, 2.05) is 68.1 Å². The zero-order chi connectivity index (χ0) is 47.0. The van der Waals surface area contributed by atoms with Crippen LogP contribution < -0.4 is 20.9 Å². The minimum Gasteiger partial charge on any atom is -0.507 e. The fourth-order valence-electron chi connectivity index (χ4n) is 11.5. The maximum Gasteiger partial charge on any atom is 0.246 e. The topological polar surface area (TPSA) is 187 Å². The molecule has 9 rings (SSSR count). The van der Waals surface area contributed by atoms with Crippen molar-refractivity contribution in [2.45, 2.75) is 103 Å². The van der Waals surface area contributed by atoms with Gasteiger partial charge in [-0.15, -0.1) is 16.6 Å². The molecule has 5 fully saturated rings. The van der Waals surface area contributed by atoms with Gasteiger partial charge in [0.15, 0.2) is 5.82 Å². The molecule has 1 spiro atoms. The van der Waals surface area contributed by atoms with Crippen LogP contribution in [0.5, 0.6) is 5.75 Å². The predicted molar refractivity (Wildman–Crippen MR) is 254 cm³/mol. The van der Waals surface area contributed by atoms with Gasteiger partial charge in [-0.3, -0.25) is 29.0 Å². The number of terminal acetylenes is 1. The molecule has 16 nitrogen and oxygen atoms in total. The normalized spacial score (nSPS) is 26.6. The Balaban J connectivity index is 0.687. The number of likely N-dealkylation sites (tertiary alicyclic amines) is 1. The van der Waals surface area contributed by atoms with E-state index < -0.39 is 23.6 Å². The molecule has 0 radical (unpaired) electrons. The standard InChI is InChI=1S/C51H66N10O6/c1-5-33-10-12-34(13-11-33)29-52-44(64)23-36-22-39(62)32-61(36)49(67)46(50(2,3)4)54-48(66)35-25-51(26-35)27-37(28-51)58-17-19-59(20-18-58)45(65)14-15-57-16-21-60-38(31-57)30-53-47-42(60)24-41(55-56-47)40-8-6-7-9-43(40)63/h1,6-13,24,35-39,46,62-63H,14-23,25-32H2,2-4H3,(H,52,64)(H,53,56)(H,54,66)/t35-,36-,37-,38-,39+,46+,51?/m0/s1. The van der Waals surface area contributed by atoms with Crippen LogP contribution in [-0.2, 0) is 25.7 Å². The number of amides is 4. The third kappa shape index (κ3) is 10.1. The van der Waals surface area contributed by atoms with Gasteiger partial charge >= 0.3 is 0 Å². The predicted octanol–water partition coefficient (Wildman–Crippen LogP) is 3.04. The van der Waals surface area contributed by atoms with Crippen LogP contribution in [0.1, 0.15) is 76.8 Å². The molecule has 3 saturated heterocycles. The number of aromatic hydroxyl groups is 1. The summed E-state index contributed by atoms with van der Waals surface area (Å²) in [6.07, 6.45) is 9.28. The molecule has 16 heteroatoms. The zero-order valence-electron chi connectivity index (χ0n) is 39.1. The summed E-state index contributed by atoms with van der Waals surface area (Å²) in [6, 6.07) is 16.0. The van der Waals surface area contributed by atoms with Gasteiger partial charge in [-0.1, -0.05) is 51.0 Å². The van der Waals surface area contributed by atoms with Crippen molar-refractivity contribution in [1.82, 2.24) is 40.4 Å². The second-order valence-corrected chi connectivity index (χ2v) is 21.0. The first-order chi connectivity index (χ1) is 32.1. The summed E-state index contributed by atoms with van der Waals surface area (Å²) in [5.74, 6) is 2.99. The number of para-hydroxylation sites is 1. The van der Waals surface area contributed by atoms with Crippen molar-refractivity contribution in [3.05, 3.63) is 65.7 Å². The number of carbonyl (C=O) groups is 4. The lowest BCUT2D eigenvalue weighted by atomic mass is 9.49. The van der Waals surface area contributed by atoms with Crippen molar-refractivity contribution in [1.29, 1.82) is 0 Å². The van der Waals surface area contributed by atoms with Crippen LogP contribution in [-0.4, -0.2) is 159 Å². The third-order valence-corrected chi connectivity index (χ3v) is 15.3. The smallest absolute Gasteiger partial charge is 0.246 e. The van der Waals surface area contributed by atoms with Gasteiger partial charge in [0.25, 0.3) is 0 Å². The number of aliphatic hydroxyl groups is 1. The molecule has 5 heterocycles. The molecule has 4 amide bonds. The maximum atomic E-state index is 14.2. The van der Waals surface area contributed by atoms with Crippen molar-refractivity contribution >= 4 is 35.1 Å². The first-order valence-corrected chi connectivity index (χ1v) is 24.2. The maximum absolute atomic E-state index is 14.2. The lowest BCUT2D eigenvalue weighted by Gasteiger charge is -2.60. The van der Waals surface area contributed by atoms with Crippen LogP contribution in [0.4, 0.5) is 11.5 Å². The Morgan fingerprint density at radius 1 is 0.940 bits per heavy atom. The molecule has 67 heavy (non-hydrogen) atoms. The SMILES string of the molecule is C#Cc1ccc(CNC(=O)C[C@@H]2C[C@@H](O)CN2C(=O)[C@@H](NC(=O)[C@H]2CC3(C2)C[C@H](N2CCN(C(=O)CCN4CCN5c6cc(-c7ccccc7O)nnc6NC[C@H]5C4)CC2)C3)C(C)(C)C)cc1. The Morgan fingerprint density at radius 3 is 2.40 bits per heavy atom. The number of rotatable bonds is 12. The van der Waals surface area contributed by atoms with E-state index in [0.717, 1.165) is 107 Å². The number of anilines is 2. The summed E-state index contributed by atoms with van der Waals surface area (Å²) in [7, 11) is 0. The number of phenols is 1. The summed E-state index contributed by atoms with van der Waals surface area (Å²) >= 11 is 0. The van der Waals surface area contributed by atoms with Crippen molar-refractivity contribution < 1.29 is 29.4 Å². The van der Waals surface area contributed by atoms with Crippen molar-refractivity contribution in [3.8, 4) is 29.4 Å². The molecule has 5 N–H and O–H groups in total. The van der Waals surface area contributed by atoms with Crippen LogP contribution in [0.2, 0.25) is 0 Å². The minimum atomic E-state index is -0.796. The molecule has 2 aliphatic carbocycles. The molecule has 0 bridgehead atoms. The van der Waals surface area contributed by atoms with Gasteiger partial charge in [0.2, 0.25) is 23.6 Å². The van der Waals surface area contributed by atoms with Crippen LogP contribution in [0.25, 0.3) is 11.3 Å². The number of carbonyl (C=O) groups excluding carboxylic acids is 4. The van der Waals surface area contributed by atoms with Crippen molar-refractivity contribution in [2.24, 2.45) is 16.7 Å². The number of hydrogen-bond donors (Lipinski definition) is 5. The first-order valence-electron chi connectivity index (χ1n) is 24.2. The van der Waals surface area contributed by atoms with Crippen molar-refractivity contribution in [3.63, 3.8) is 0 Å². The van der Waals surface area contributed by atoms with Gasteiger partial charge in [0.05, 0.1) is 23.5 Å². The van der Waals surface area contributed by atoms with E-state index in [-0.39, 0.29) is 59.7 Å². The lowest BCUT2D eigenvalue weighted by Crippen LogP contribution is -2.63. The van der Waals surface area contributed by atoms with E-state index in [1.54, 1.807) is 17.0 Å². The molecule has 4 atom stereocenters. The van der Waals surface area contributed by atoms with E-state index in [0.29, 0.717) is 36.7 Å². The monoisotopic (exact) mass is 915 g/mol. The number of benzene rings is 2. The summed E-state index contributed by atoms with van der Waals surface area (Å²) in [4.78, 5) is 65.3. The van der Waals surface area contributed by atoms with E-state index in [4.69, 9.17) is 6.42 Å². The number of hydrogen-bond acceptors (Lipinski definition) is 12. The van der Waals surface area contributed by atoms with Crippen LogP contribution in [0.3, 0.4) is 0 Å². The summed E-state index contributed by atoms with van der Waals surface area (Å²) in [6.45, 7) is 13.4. The Kier molecular flexibility index (Phi) is 13.2. The Bertz CT molecular complexity index is 2360. The van der Waals surface area contributed by atoms with E-state index in [2.05, 4.69) is 46.8 Å². The second-order valence-electron chi connectivity index (χ2n) is 21.0. The van der Waals surface area contributed by atoms with Crippen LogP contribution >= 0.6 is 0 Å². The number of nitrogens with one attached hydrogen (secondary N) is 3. The van der Waals surface area contributed by atoms with Crippen molar-refractivity contribution in [2.75, 3.05) is 75.7 Å². The third-order valence-electron chi connectivity index (χ3n) is 15.3. The molecular formula is C51H66N10O6. The summed E-state index contributed by atoms with van der Waals surface area (Å²) in [5.41, 5.74) is 3.53. The van der Waals surface area contributed by atoms with Crippen LogP contribution in [0.15, 0.2) is 54.6 Å². The molecule has 0 unspecified atom stereocenters. The average Bonchev–Trinajstić information content (AvgIpc) is 3.67. The minimum absolute atomic E-state index is 0.0595. The molecule has 2 aromatic carbocycles. The molecule has 1 aromatic heterocycles. The number of fused-ring (bicyclic) bond motifs is 3. The summed E-state index contributed by atoms with van der Waals surface area (Å²) in [5, 5.41) is 39.3. The molecule has 2 saturated carbocycles. The molecule has 3 aromatic rings. The summed E-state index contributed by atoms with van der Waals surface area (Å²) < 4.78 is 0. The van der Waals surface area contributed by atoms with Crippen LogP contribution in [0, 0.1) is 29.1 Å². The van der Waals surface area contributed by atoms with E-state index >= 15 is 0 Å². The van der Waals surface area contributed by atoms with Gasteiger partial charge in [-0.2, -0.15) is 0 Å². The fraction of sp³-hybridized carbons (Fsp3) is 0.569. The average molecular weight is 915 g/mol. The number of aromatic nitrogens is 2. The van der Waals surface area contributed by atoms with Gasteiger partial charge in [0.1, 0.15) is 11.8 Å². The van der Waals surface area contributed by atoms with Gasteiger partial charge in [-0.05, 0) is 78.8 Å². The molecular weight excluding hydrogens is 849 g/mol. The number of phenolic OH excluding ortho intramolecular Hbond substituents is 1. The molecule has 6 aliphatic rings. The largest absolute Gasteiger partial charge is 0.507 e. The number of nitrogens with zero attached hydrogens (tertiary/aromatic N) is 7. The highest BCUT2D eigenvalue weighted by Gasteiger charge is 2.56. The fourth-order valence-corrected chi connectivity index (χ4v) is 11.5. The lowest BCUT2D eigenvalue weighted by molar-refractivity contribution is -0.151. The van der Waals surface area contributed by atoms with Gasteiger partial charge in [0, 0.05) is 114 Å². The highest BCUT2D eigenvalue weighted by atomic mass is 16.3. The van der Waals surface area contributed by atoms with Gasteiger partial charge < -0.3 is 40.9 Å². The van der Waals surface area contributed by atoms with Gasteiger partial charge in [-0.25, -0.2) is 0 Å². The highest BCUT2D eigenvalue weighted by molar-refractivity contribution is 5.90. The number of piperazine rings is 2.